The molecule has 3 aliphatic heterocycles. The van der Waals surface area contributed by atoms with E-state index in [1.54, 1.807) is 7.11 Å². The Balaban J connectivity index is 1.70. The summed E-state index contributed by atoms with van der Waals surface area (Å²) in [6, 6.07) is 14.2. The topological polar surface area (TPSA) is 15.7 Å². The van der Waals surface area contributed by atoms with Crippen LogP contribution in [0.2, 0.25) is 0 Å². The number of nitrogens with zero attached hydrogens (tertiary/aromatic N) is 2. The van der Waals surface area contributed by atoms with Crippen molar-refractivity contribution in [3.8, 4) is 5.75 Å². The lowest BCUT2D eigenvalue weighted by Gasteiger charge is -2.37. The average molecular weight is 328 g/mol. The third-order valence-electron chi connectivity index (χ3n) is 5.28. The maximum absolute atomic E-state index is 5.34. The summed E-state index contributed by atoms with van der Waals surface area (Å²) in [5.41, 5.74) is 1.38. The maximum atomic E-state index is 5.34. The molecule has 3 fully saturated rings. The second-order valence-electron chi connectivity index (χ2n) is 6.50. The molecule has 2 bridgehead atoms. The largest absolute Gasteiger partial charge is 0.497 e. The van der Waals surface area contributed by atoms with Gasteiger partial charge in [-0.1, -0.05) is 18.2 Å². The Kier molecular flexibility index (Phi) is 4.38. The van der Waals surface area contributed by atoms with Gasteiger partial charge in [-0.2, -0.15) is 0 Å². The lowest BCUT2D eigenvalue weighted by molar-refractivity contribution is 0.153. The van der Waals surface area contributed by atoms with Crippen molar-refractivity contribution in [2.75, 3.05) is 33.3 Å². The summed E-state index contributed by atoms with van der Waals surface area (Å²) in [4.78, 5) is 6.83. The van der Waals surface area contributed by atoms with E-state index in [-0.39, 0.29) is 0 Å². The fourth-order valence-corrected chi connectivity index (χ4v) is 4.88. The molecule has 0 saturated carbocycles. The van der Waals surface area contributed by atoms with Crippen LogP contribution in [-0.4, -0.2) is 49.1 Å². The Morgan fingerprint density at radius 3 is 2.48 bits per heavy atom. The van der Waals surface area contributed by atoms with Crippen LogP contribution in [0, 0.1) is 0 Å². The van der Waals surface area contributed by atoms with Crippen molar-refractivity contribution in [1.29, 1.82) is 0 Å². The number of hydrogen-bond donors (Lipinski definition) is 0. The molecule has 122 valence electrons. The van der Waals surface area contributed by atoms with E-state index in [1.165, 1.54) is 49.5 Å². The second kappa shape index (κ2) is 6.63. The normalized spacial score (nSPS) is 26.0. The summed E-state index contributed by atoms with van der Waals surface area (Å²) in [6.45, 7) is 4.90. The molecule has 3 saturated heterocycles. The molecule has 4 heterocycles. The van der Waals surface area contributed by atoms with Gasteiger partial charge in [0.15, 0.2) is 0 Å². The number of fused-ring (bicyclic) bond motifs is 4. The van der Waals surface area contributed by atoms with E-state index in [9.17, 15) is 0 Å². The molecular weight excluding hydrogens is 304 g/mol. The molecule has 0 amide bonds. The van der Waals surface area contributed by atoms with Crippen molar-refractivity contribution in [2.24, 2.45) is 0 Å². The van der Waals surface area contributed by atoms with Crippen LogP contribution in [0.25, 0.3) is 0 Å². The maximum Gasteiger partial charge on any atom is 0.118 e. The van der Waals surface area contributed by atoms with Crippen LogP contribution in [0.4, 0.5) is 0 Å². The smallest absolute Gasteiger partial charge is 0.118 e. The standard InChI is InChI=1S/C19H24N2OS/c1-22-17-6-4-15(5-7-17)19(18-3-2-14-23-18)21-13-12-20-10-8-16(21)9-11-20/h2-7,14,16,19H,8-13H2,1H3. The molecule has 5 rings (SSSR count). The summed E-state index contributed by atoms with van der Waals surface area (Å²) in [5, 5.41) is 2.20. The first-order valence-electron chi connectivity index (χ1n) is 8.50. The van der Waals surface area contributed by atoms with Crippen LogP contribution in [0.3, 0.4) is 0 Å². The Morgan fingerprint density at radius 2 is 1.83 bits per heavy atom. The molecule has 0 aliphatic carbocycles. The highest BCUT2D eigenvalue weighted by Gasteiger charge is 2.34. The zero-order valence-corrected chi connectivity index (χ0v) is 14.5. The molecule has 1 aromatic carbocycles. The van der Waals surface area contributed by atoms with Crippen molar-refractivity contribution in [3.05, 3.63) is 52.2 Å². The Hall–Kier alpha value is -1.36. The fourth-order valence-electron chi connectivity index (χ4n) is 4.01. The van der Waals surface area contributed by atoms with Gasteiger partial charge in [-0.25, -0.2) is 0 Å². The lowest BCUT2D eigenvalue weighted by Crippen LogP contribution is -2.40. The molecule has 1 atom stereocenters. The lowest BCUT2D eigenvalue weighted by atomic mass is 9.98. The van der Waals surface area contributed by atoms with E-state index < -0.39 is 0 Å². The van der Waals surface area contributed by atoms with Crippen LogP contribution < -0.4 is 4.74 Å². The van der Waals surface area contributed by atoms with Gasteiger partial charge in [0.25, 0.3) is 0 Å². The zero-order valence-electron chi connectivity index (χ0n) is 13.6. The number of ether oxygens (including phenoxy) is 1. The van der Waals surface area contributed by atoms with Crippen LogP contribution in [0.1, 0.15) is 29.3 Å². The van der Waals surface area contributed by atoms with Gasteiger partial charge in [0.1, 0.15) is 5.75 Å². The van der Waals surface area contributed by atoms with Gasteiger partial charge < -0.3 is 9.64 Å². The molecule has 0 radical (unpaired) electrons. The van der Waals surface area contributed by atoms with Gasteiger partial charge in [0.2, 0.25) is 0 Å². The first kappa shape index (κ1) is 15.2. The highest BCUT2D eigenvalue weighted by atomic mass is 32.1. The Bertz CT molecular complexity index is 617. The molecule has 3 nitrogen and oxygen atoms in total. The van der Waals surface area contributed by atoms with Crippen molar-refractivity contribution < 1.29 is 4.74 Å². The number of piperidine rings is 1. The quantitative estimate of drug-likeness (QED) is 0.852. The van der Waals surface area contributed by atoms with Crippen LogP contribution in [-0.2, 0) is 0 Å². The third kappa shape index (κ3) is 3.03. The second-order valence-corrected chi connectivity index (χ2v) is 7.48. The minimum absolute atomic E-state index is 0.379. The van der Waals surface area contributed by atoms with E-state index in [0.29, 0.717) is 12.1 Å². The minimum Gasteiger partial charge on any atom is -0.497 e. The molecular formula is C19H24N2OS. The van der Waals surface area contributed by atoms with Crippen molar-refractivity contribution >= 4 is 11.3 Å². The van der Waals surface area contributed by atoms with E-state index in [1.807, 2.05) is 11.3 Å². The van der Waals surface area contributed by atoms with E-state index in [0.717, 1.165) is 5.75 Å². The first-order valence-corrected chi connectivity index (χ1v) is 9.38. The number of rotatable bonds is 4. The fraction of sp³-hybridized carbons (Fsp3) is 0.474. The first-order chi connectivity index (χ1) is 11.3. The summed E-state index contributed by atoms with van der Waals surface area (Å²) in [7, 11) is 1.73. The molecule has 3 aliphatic rings. The molecule has 0 spiro atoms. The highest BCUT2D eigenvalue weighted by Crippen LogP contribution is 2.37. The third-order valence-corrected chi connectivity index (χ3v) is 6.20. The number of thiophene rings is 1. The van der Waals surface area contributed by atoms with E-state index in [4.69, 9.17) is 4.74 Å². The summed E-state index contributed by atoms with van der Waals surface area (Å²) >= 11 is 1.88. The predicted molar refractivity (Wildman–Crippen MR) is 95.3 cm³/mol. The Morgan fingerprint density at radius 1 is 1.04 bits per heavy atom. The molecule has 1 aromatic heterocycles. The SMILES string of the molecule is COc1ccc(C(c2cccs2)N2CCN3CCC2CC3)cc1. The summed E-state index contributed by atoms with van der Waals surface area (Å²) in [5.74, 6) is 0.932. The van der Waals surface area contributed by atoms with Gasteiger partial charge in [-0.05, 0) is 55.1 Å². The monoisotopic (exact) mass is 328 g/mol. The van der Waals surface area contributed by atoms with Gasteiger partial charge in [0, 0.05) is 24.0 Å². The molecule has 0 N–H and O–H groups in total. The van der Waals surface area contributed by atoms with E-state index >= 15 is 0 Å². The minimum atomic E-state index is 0.379. The number of hydrogen-bond acceptors (Lipinski definition) is 4. The summed E-state index contributed by atoms with van der Waals surface area (Å²) in [6.07, 6.45) is 2.61. The summed E-state index contributed by atoms with van der Waals surface area (Å²) < 4.78 is 5.34. The molecule has 1 unspecified atom stereocenters. The van der Waals surface area contributed by atoms with Crippen LogP contribution in [0.15, 0.2) is 41.8 Å². The average Bonchev–Trinajstić information content (AvgIpc) is 2.98. The van der Waals surface area contributed by atoms with Crippen LogP contribution >= 0.6 is 11.3 Å². The van der Waals surface area contributed by atoms with Crippen molar-refractivity contribution in [2.45, 2.75) is 24.9 Å². The molecule has 2 aromatic rings. The molecule has 4 heteroatoms. The van der Waals surface area contributed by atoms with Gasteiger partial charge in [-0.15, -0.1) is 11.3 Å². The van der Waals surface area contributed by atoms with Crippen molar-refractivity contribution in [1.82, 2.24) is 9.80 Å². The van der Waals surface area contributed by atoms with Crippen molar-refractivity contribution in [3.63, 3.8) is 0 Å². The highest BCUT2D eigenvalue weighted by molar-refractivity contribution is 7.10. The number of methoxy groups -OCH3 is 1. The molecule has 23 heavy (non-hydrogen) atoms. The van der Waals surface area contributed by atoms with Gasteiger partial charge >= 0.3 is 0 Å². The van der Waals surface area contributed by atoms with Crippen LogP contribution in [0.5, 0.6) is 5.75 Å². The van der Waals surface area contributed by atoms with E-state index in [2.05, 4.69) is 51.6 Å². The number of benzene rings is 1. The zero-order chi connectivity index (χ0) is 15.6. The van der Waals surface area contributed by atoms with Gasteiger partial charge in [0.05, 0.1) is 13.2 Å². The van der Waals surface area contributed by atoms with Gasteiger partial charge in [-0.3, -0.25) is 4.90 Å². The Labute approximate surface area is 142 Å². The predicted octanol–water partition coefficient (Wildman–Crippen LogP) is 3.63.